The van der Waals surface area contributed by atoms with Gasteiger partial charge in [-0.2, -0.15) is 0 Å². The van der Waals surface area contributed by atoms with Crippen LogP contribution in [0.25, 0.3) is 22.0 Å². The lowest BCUT2D eigenvalue weighted by molar-refractivity contribution is -0.113. The fraction of sp³-hybridized carbons (Fsp3) is 0.0357. The van der Waals surface area contributed by atoms with Gasteiger partial charge in [-0.05, 0) is 59.3 Å². The molecule has 0 aliphatic heterocycles. The summed E-state index contributed by atoms with van der Waals surface area (Å²) in [5, 5.41) is 11.3. The predicted octanol–water partition coefficient (Wildman–Crippen LogP) is 8.25. The molecule has 0 aliphatic carbocycles. The van der Waals surface area contributed by atoms with Crippen LogP contribution in [0.5, 0.6) is 0 Å². The first kappa shape index (κ1) is 25.3. The Morgan fingerprint density at radius 3 is 2.43 bits per heavy atom. The number of hydrogen-bond donors (Lipinski definition) is 2. The Morgan fingerprint density at radius 2 is 1.65 bits per heavy atom. The summed E-state index contributed by atoms with van der Waals surface area (Å²) in [4.78, 5) is 30.4. The first-order valence-electron chi connectivity index (χ1n) is 11.2. The highest BCUT2D eigenvalue weighted by Gasteiger charge is 2.12. The monoisotopic (exact) mass is 563 g/mol. The molecule has 0 radical (unpaired) electrons. The van der Waals surface area contributed by atoms with Gasteiger partial charge >= 0.3 is 0 Å². The molecule has 5 nitrogen and oxygen atoms in total. The maximum absolute atomic E-state index is 12.5. The quantitative estimate of drug-likeness (QED) is 0.195. The third kappa shape index (κ3) is 6.32. The van der Waals surface area contributed by atoms with Crippen LogP contribution in [0.1, 0.15) is 10.4 Å². The number of benzene rings is 4. The van der Waals surface area contributed by atoms with Crippen LogP contribution < -0.4 is 10.6 Å². The summed E-state index contributed by atoms with van der Waals surface area (Å²) in [6.45, 7) is 0. The third-order valence-corrected chi connectivity index (χ3v) is 7.77. The maximum Gasteiger partial charge on any atom is 0.257 e. The number of nitrogens with one attached hydrogen (secondary N) is 2. The van der Waals surface area contributed by atoms with E-state index in [0.717, 1.165) is 21.5 Å². The molecular weight excluding hydrogens is 545 g/mol. The lowest BCUT2D eigenvalue weighted by Gasteiger charge is -2.08. The highest BCUT2D eigenvalue weighted by atomic mass is 35.5. The van der Waals surface area contributed by atoms with Crippen molar-refractivity contribution in [3.8, 4) is 11.3 Å². The van der Waals surface area contributed by atoms with Gasteiger partial charge in [0.1, 0.15) is 0 Å². The fourth-order valence-corrected chi connectivity index (χ4v) is 5.55. The highest BCUT2D eigenvalue weighted by Crippen LogP contribution is 2.28. The Hall–Kier alpha value is -3.36. The number of nitrogens with zero attached hydrogens (tertiary/aromatic N) is 1. The van der Waals surface area contributed by atoms with Crippen molar-refractivity contribution in [3.63, 3.8) is 0 Å². The molecule has 0 saturated carbocycles. The van der Waals surface area contributed by atoms with Crippen molar-refractivity contribution < 1.29 is 9.59 Å². The zero-order valence-corrected chi connectivity index (χ0v) is 22.3. The van der Waals surface area contributed by atoms with Crippen molar-refractivity contribution in [1.82, 2.24) is 4.98 Å². The summed E-state index contributed by atoms with van der Waals surface area (Å²) >= 11 is 14.8. The van der Waals surface area contributed by atoms with Crippen LogP contribution in [-0.4, -0.2) is 22.6 Å². The molecule has 5 rings (SSSR count). The molecule has 0 spiro atoms. The lowest BCUT2D eigenvalue weighted by atomic mass is 10.1. The van der Waals surface area contributed by atoms with Gasteiger partial charge in [0.25, 0.3) is 5.91 Å². The second kappa shape index (κ2) is 11.4. The van der Waals surface area contributed by atoms with Crippen LogP contribution in [0.15, 0.2) is 95.2 Å². The second-order valence-electron chi connectivity index (χ2n) is 8.04. The van der Waals surface area contributed by atoms with Gasteiger partial charge in [-0.1, -0.05) is 59.6 Å². The van der Waals surface area contributed by atoms with Crippen LogP contribution in [0.4, 0.5) is 10.8 Å². The van der Waals surface area contributed by atoms with Gasteiger partial charge < -0.3 is 10.6 Å². The Kier molecular flexibility index (Phi) is 7.76. The van der Waals surface area contributed by atoms with E-state index >= 15 is 0 Å². The number of anilines is 2. The molecule has 0 fully saturated rings. The molecule has 0 unspecified atom stereocenters. The van der Waals surface area contributed by atoms with Crippen LogP contribution in [0, 0.1) is 0 Å². The summed E-state index contributed by atoms with van der Waals surface area (Å²) in [5.74, 6) is -0.233. The third-order valence-electron chi connectivity index (χ3n) is 5.45. The molecule has 2 amide bonds. The minimum Gasteiger partial charge on any atom is -0.322 e. The second-order valence-corrected chi connectivity index (χ2v) is 10.8. The maximum atomic E-state index is 12.5. The van der Waals surface area contributed by atoms with Gasteiger partial charge in [-0.25, -0.2) is 4.98 Å². The van der Waals surface area contributed by atoms with E-state index in [1.54, 1.807) is 24.3 Å². The van der Waals surface area contributed by atoms with Crippen LogP contribution in [0.2, 0.25) is 10.0 Å². The molecule has 1 aromatic heterocycles. The molecule has 184 valence electrons. The van der Waals surface area contributed by atoms with Gasteiger partial charge in [0, 0.05) is 26.5 Å². The van der Waals surface area contributed by atoms with Gasteiger partial charge in [0.05, 0.1) is 22.0 Å². The Bertz CT molecular complexity index is 1600. The fourth-order valence-electron chi connectivity index (χ4n) is 3.62. The summed E-state index contributed by atoms with van der Waals surface area (Å²) in [5.41, 5.74) is 2.80. The number of carbonyl (C=O) groups is 2. The van der Waals surface area contributed by atoms with E-state index in [1.807, 2.05) is 35.7 Å². The molecule has 0 saturated heterocycles. The standard InChI is InChI=1S/C28H19Cl2N3O2S2/c29-20-7-12-23(24(30)14-20)27(35)31-21-8-10-22(11-9-21)36-16-26(34)33-28-32-25(15-37-28)19-6-5-17-3-1-2-4-18(17)13-19/h1-15H,16H2,(H,31,35)(H,32,33,34). The lowest BCUT2D eigenvalue weighted by Crippen LogP contribution is -2.14. The van der Waals surface area contributed by atoms with Crippen LogP contribution in [-0.2, 0) is 4.79 Å². The number of hydrogen-bond acceptors (Lipinski definition) is 5. The molecule has 9 heteroatoms. The molecule has 37 heavy (non-hydrogen) atoms. The molecule has 0 atom stereocenters. The molecular formula is C28H19Cl2N3O2S2. The molecule has 4 aromatic carbocycles. The van der Waals surface area contributed by atoms with Gasteiger partial charge in [-0.3, -0.25) is 9.59 Å². The molecule has 1 heterocycles. The number of halogens is 2. The van der Waals surface area contributed by atoms with Crippen molar-refractivity contribution in [3.05, 3.63) is 106 Å². The van der Waals surface area contributed by atoms with E-state index in [0.29, 0.717) is 21.4 Å². The van der Waals surface area contributed by atoms with Gasteiger partial charge in [0.15, 0.2) is 5.13 Å². The average molecular weight is 565 g/mol. The first-order valence-corrected chi connectivity index (χ1v) is 13.8. The zero-order valence-electron chi connectivity index (χ0n) is 19.2. The number of fused-ring (bicyclic) bond motifs is 1. The van der Waals surface area contributed by atoms with E-state index in [2.05, 4.69) is 39.9 Å². The van der Waals surface area contributed by atoms with Crippen LogP contribution in [0.3, 0.4) is 0 Å². The minimum absolute atomic E-state index is 0.140. The summed E-state index contributed by atoms with van der Waals surface area (Å²) in [6.07, 6.45) is 0. The topological polar surface area (TPSA) is 71.1 Å². The minimum atomic E-state index is -0.326. The van der Waals surface area contributed by atoms with E-state index in [4.69, 9.17) is 23.2 Å². The zero-order chi connectivity index (χ0) is 25.8. The van der Waals surface area contributed by atoms with E-state index in [-0.39, 0.29) is 22.6 Å². The highest BCUT2D eigenvalue weighted by molar-refractivity contribution is 8.00. The van der Waals surface area contributed by atoms with Crippen molar-refractivity contribution in [2.45, 2.75) is 4.90 Å². The van der Waals surface area contributed by atoms with Crippen LogP contribution >= 0.6 is 46.3 Å². The molecule has 5 aromatic rings. The largest absolute Gasteiger partial charge is 0.322 e. The molecule has 2 N–H and O–H groups in total. The Labute approximate surface area is 231 Å². The average Bonchev–Trinajstić information content (AvgIpc) is 3.36. The van der Waals surface area contributed by atoms with Crippen molar-refractivity contribution in [2.24, 2.45) is 0 Å². The number of aromatic nitrogens is 1. The van der Waals surface area contributed by atoms with Gasteiger partial charge in [-0.15, -0.1) is 23.1 Å². The van der Waals surface area contributed by atoms with Crippen molar-refractivity contribution in [1.29, 1.82) is 0 Å². The number of thiazole rings is 1. The smallest absolute Gasteiger partial charge is 0.257 e. The van der Waals surface area contributed by atoms with E-state index in [1.165, 1.54) is 34.6 Å². The number of amides is 2. The van der Waals surface area contributed by atoms with Crippen molar-refractivity contribution in [2.75, 3.05) is 16.4 Å². The molecule has 0 aliphatic rings. The number of rotatable bonds is 7. The Balaban J connectivity index is 1.14. The van der Waals surface area contributed by atoms with E-state index in [9.17, 15) is 9.59 Å². The van der Waals surface area contributed by atoms with E-state index < -0.39 is 0 Å². The Morgan fingerprint density at radius 1 is 0.865 bits per heavy atom. The SMILES string of the molecule is O=C(CSc1ccc(NC(=O)c2ccc(Cl)cc2Cl)cc1)Nc1nc(-c2ccc3ccccc3c2)cs1. The number of carbonyl (C=O) groups excluding carboxylic acids is 2. The van der Waals surface area contributed by atoms with Crippen molar-refractivity contribution >= 4 is 79.7 Å². The summed E-state index contributed by atoms with van der Waals surface area (Å²) in [6, 6.07) is 26.3. The molecule has 0 bridgehead atoms. The summed E-state index contributed by atoms with van der Waals surface area (Å²) in [7, 11) is 0. The normalized spacial score (nSPS) is 10.9. The predicted molar refractivity (Wildman–Crippen MR) is 155 cm³/mol. The van der Waals surface area contributed by atoms with Gasteiger partial charge in [0.2, 0.25) is 5.91 Å². The number of thioether (sulfide) groups is 1. The first-order chi connectivity index (χ1) is 17.9. The summed E-state index contributed by atoms with van der Waals surface area (Å²) < 4.78 is 0.